The second-order valence-electron chi connectivity index (χ2n) is 4.25. The Bertz CT molecular complexity index is 376. The first-order chi connectivity index (χ1) is 7.63. The largest absolute Gasteiger partial charge is 0.388 e. The van der Waals surface area contributed by atoms with Crippen LogP contribution in [-0.2, 0) is 34.6 Å². The summed E-state index contributed by atoms with van der Waals surface area (Å²) in [4.78, 5) is 0. The Labute approximate surface area is 117 Å². The topological polar surface area (TPSA) is 56.3 Å². The first-order valence-corrected chi connectivity index (χ1v) is 5.55. The summed E-state index contributed by atoms with van der Waals surface area (Å²) in [5.41, 5.74) is 3.79. The molecular weight excluding hydrogens is 250 g/mol. The zero-order valence-corrected chi connectivity index (χ0v) is 12.1. The molecule has 1 aliphatic carbocycles. The monoisotopic (exact) mass is 269 g/mol. The molecular formula is C12H19N3OTi. The maximum absolute atomic E-state index is 10.3. The van der Waals surface area contributed by atoms with E-state index in [9.17, 15) is 5.11 Å². The quantitative estimate of drug-likeness (QED) is 0.484. The van der Waals surface area contributed by atoms with E-state index in [0.29, 0.717) is 12.8 Å². The van der Waals surface area contributed by atoms with Crippen molar-refractivity contribution in [3.05, 3.63) is 23.3 Å². The average molecular weight is 269 g/mol. The summed E-state index contributed by atoms with van der Waals surface area (Å²) in [6.07, 6.45) is 1.29. The van der Waals surface area contributed by atoms with E-state index in [4.69, 9.17) is 0 Å². The van der Waals surface area contributed by atoms with Crippen LogP contribution >= 0.6 is 0 Å². The summed E-state index contributed by atoms with van der Waals surface area (Å²) < 4.78 is 0. The molecule has 17 heavy (non-hydrogen) atoms. The minimum Gasteiger partial charge on any atom is -0.388 e. The van der Waals surface area contributed by atoms with E-state index in [1.165, 1.54) is 11.1 Å². The van der Waals surface area contributed by atoms with Crippen molar-refractivity contribution in [3.63, 3.8) is 0 Å². The SMILES string of the molecule is CNc1ccc(NC)c2c1CC(O)(NC)C2.[Ti]. The van der Waals surface area contributed by atoms with Gasteiger partial charge in [-0.25, -0.2) is 0 Å². The Kier molecular flexibility index (Phi) is 4.61. The van der Waals surface area contributed by atoms with Gasteiger partial charge in [-0.1, -0.05) is 0 Å². The Balaban J connectivity index is 0.00000144. The number of nitrogens with one attached hydrogen (secondary N) is 3. The third-order valence-electron chi connectivity index (χ3n) is 3.37. The van der Waals surface area contributed by atoms with Crippen LogP contribution < -0.4 is 16.0 Å². The van der Waals surface area contributed by atoms with Crippen molar-refractivity contribution in [2.45, 2.75) is 18.6 Å². The molecule has 4 N–H and O–H groups in total. The van der Waals surface area contributed by atoms with Crippen LogP contribution in [0.4, 0.5) is 11.4 Å². The van der Waals surface area contributed by atoms with Crippen molar-refractivity contribution >= 4 is 11.4 Å². The molecule has 0 heterocycles. The molecule has 0 saturated carbocycles. The normalized spacial score (nSPS) is 16.0. The molecule has 0 unspecified atom stereocenters. The molecule has 0 fully saturated rings. The van der Waals surface area contributed by atoms with Crippen LogP contribution in [0.15, 0.2) is 12.1 Å². The number of hydrogen-bond acceptors (Lipinski definition) is 4. The molecule has 0 saturated heterocycles. The van der Waals surface area contributed by atoms with Gasteiger partial charge in [0.1, 0.15) is 5.72 Å². The second-order valence-corrected chi connectivity index (χ2v) is 4.25. The molecule has 1 aromatic carbocycles. The Morgan fingerprint density at radius 2 is 1.41 bits per heavy atom. The van der Waals surface area contributed by atoms with Crippen LogP contribution in [0.2, 0.25) is 0 Å². The Morgan fingerprint density at radius 1 is 1.00 bits per heavy atom. The van der Waals surface area contributed by atoms with Crippen molar-refractivity contribution in [2.75, 3.05) is 31.8 Å². The molecule has 4 nitrogen and oxygen atoms in total. The van der Waals surface area contributed by atoms with Gasteiger partial charge in [0.2, 0.25) is 0 Å². The Morgan fingerprint density at radius 3 is 1.71 bits per heavy atom. The van der Waals surface area contributed by atoms with Crippen molar-refractivity contribution < 1.29 is 26.8 Å². The zero-order valence-electron chi connectivity index (χ0n) is 10.5. The van der Waals surface area contributed by atoms with Gasteiger partial charge in [0.25, 0.3) is 0 Å². The van der Waals surface area contributed by atoms with E-state index in [0.717, 1.165) is 11.4 Å². The predicted molar refractivity (Wildman–Crippen MR) is 67.0 cm³/mol. The van der Waals surface area contributed by atoms with Gasteiger partial charge >= 0.3 is 0 Å². The van der Waals surface area contributed by atoms with E-state index in [-0.39, 0.29) is 21.7 Å². The smallest absolute Gasteiger partial charge is 0.124 e. The number of hydrogen-bond donors (Lipinski definition) is 4. The third kappa shape index (κ3) is 2.50. The summed E-state index contributed by atoms with van der Waals surface area (Å²) in [7, 11) is 5.61. The fourth-order valence-corrected chi connectivity index (χ4v) is 2.39. The molecule has 0 amide bonds. The standard InChI is InChI=1S/C12H19N3O.Ti/c1-13-10-4-5-11(14-2)9-7-12(16,15-3)6-8(9)10;/h4-5,13-16H,6-7H2,1-3H3;. The van der Waals surface area contributed by atoms with Crippen LogP contribution in [0.1, 0.15) is 11.1 Å². The van der Waals surface area contributed by atoms with Crippen LogP contribution in [0.25, 0.3) is 0 Å². The van der Waals surface area contributed by atoms with Gasteiger partial charge in [-0.3, -0.25) is 5.32 Å². The number of rotatable bonds is 3. The predicted octanol–water partition coefficient (Wildman–Crippen LogP) is 0.774. The van der Waals surface area contributed by atoms with Gasteiger partial charge in [0.05, 0.1) is 0 Å². The first-order valence-electron chi connectivity index (χ1n) is 5.55. The van der Waals surface area contributed by atoms with Crippen molar-refractivity contribution in [2.24, 2.45) is 0 Å². The van der Waals surface area contributed by atoms with E-state index >= 15 is 0 Å². The van der Waals surface area contributed by atoms with Gasteiger partial charge in [0, 0.05) is 60.0 Å². The van der Waals surface area contributed by atoms with Gasteiger partial charge < -0.3 is 15.7 Å². The molecule has 1 aromatic rings. The van der Waals surface area contributed by atoms with Crippen LogP contribution in [-0.4, -0.2) is 32.0 Å². The number of benzene rings is 1. The molecule has 0 radical (unpaired) electrons. The van der Waals surface area contributed by atoms with Gasteiger partial charge in [-0.2, -0.15) is 0 Å². The maximum Gasteiger partial charge on any atom is 0.124 e. The third-order valence-corrected chi connectivity index (χ3v) is 3.37. The van der Waals surface area contributed by atoms with Crippen LogP contribution in [0.5, 0.6) is 0 Å². The van der Waals surface area contributed by atoms with E-state index in [1.54, 1.807) is 7.05 Å². The minimum atomic E-state index is -0.805. The van der Waals surface area contributed by atoms with Crippen molar-refractivity contribution in [1.29, 1.82) is 0 Å². The molecule has 0 aliphatic heterocycles. The average Bonchev–Trinajstić information content (AvgIpc) is 2.66. The fourth-order valence-electron chi connectivity index (χ4n) is 2.39. The summed E-state index contributed by atoms with van der Waals surface area (Å²) in [6, 6.07) is 4.10. The number of fused-ring (bicyclic) bond motifs is 1. The fraction of sp³-hybridized carbons (Fsp3) is 0.500. The van der Waals surface area contributed by atoms with Gasteiger partial charge in [0.15, 0.2) is 0 Å². The van der Waals surface area contributed by atoms with Crippen LogP contribution in [0.3, 0.4) is 0 Å². The van der Waals surface area contributed by atoms with Crippen LogP contribution in [0, 0.1) is 0 Å². The first kappa shape index (κ1) is 14.5. The molecule has 2 rings (SSSR count). The number of likely N-dealkylation sites (N-methyl/N-ethyl adjacent to an activating group) is 1. The van der Waals surface area contributed by atoms with Crippen molar-refractivity contribution in [1.82, 2.24) is 5.32 Å². The summed E-state index contributed by atoms with van der Waals surface area (Å²) in [5.74, 6) is 0. The molecule has 1 aliphatic rings. The van der Waals surface area contributed by atoms with E-state index < -0.39 is 5.72 Å². The zero-order chi connectivity index (χ0) is 11.8. The molecule has 92 valence electrons. The molecule has 0 spiro atoms. The van der Waals surface area contributed by atoms with Gasteiger partial charge in [-0.15, -0.1) is 0 Å². The number of aliphatic hydroxyl groups is 1. The molecule has 0 aromatic heterocycles. The summed E-state index contributed by atoms with van der Waals surface area (Å²) in [6.45, 7) is 0. The molecule has 0 bridgehead atoms. The minimum absolute atomic E-state index is 0. The Hall–Kier alpha value is -0.546. The van der Waals surface area contributed by atoms with E-state index in [2.05, 4.69) is 16.0 Å². The maximum atomic E-state index is 10.3. The molecule has 5 heteroatoms. The summed E-state index contributed by atoms with van der Waals surface area (Å²) in [5, 5.41) is 19.6. The summed E-state index contributed by atoms with van der Waals surface area (Å²) >= 11 is 0. The number of anilines is 2. The van der Waals surface area contributed by atoms with E-state index in [1.807, 2.05) is 26.2 Å². The second kappa shape index (κ2) is 5.40. The van der Waals surface area contributed by atoms with Gasteiger partial charge in [-0.05, 0) is 30.3 Å². The van der Waals surface area contributed by atoms with Crippen molar-refractivity contribution in [3.8, 4) is 0 Å². The molecule has 0 atom stereocenters.